The van der Waals surface area contributed by atoms with Crippen LogP contribution in [0, 0.1) is 0 Å². The van der Waals surface area contributed by atoms with E-state index in [0.29, 0.717) is 0 Å². The van der Waals surface area contributed by atoms with E-state index in [9.17, 15) is 13.2 Å². The minimum atomic E-state index is -4.39. The van der Waals surface area contributed by atoms with Gasteiger partial charge in [-0.25, -0.2) is 0 Å². The lowest BCUT2D eigenvalue weighted by molar-refractivity contribution is -0.149. The van der Waals surface area contributed by atoms with Gasteiger partial charge >= 0.3 is 6.18 Å². The molecule has 5 heteroatoms. The highest BCUT2D eigenvalue weighted by Gasteiger charge is 2.38. The number of halogens is 4. The van der Waals surface area contributed by atoms with Crippen molar-refractivity contribution in [3.63, 3.8) is 0 Å². The molecule has 0 aromatic heterocycles. The molecule has 0 saturated carbocycles. The Bertz CT molecular complexity index is 369. The third-order valence-corrected chi connectivity index (χ3v) is 2.46. The van der Waals surface area contributed by atoms with Gasteiger partial charge in [-0.05, 0) is 16.5 Å². The topological polar surface area (TPSA) is 26.0 Å². The summed E-state index contributed by atoms with van der Waals surface area (Å²) in [6.45, 7) is 5.85. The molecule has 0 saturated heterocycles. The lowest BCUT2D eigenvalue weighted by Crippen LogP contribution is -2.28. The molecule has 0 spiro atoms. The average molecular weight is 268 g/mol. The summed E-state index contributed by atoms with van der Waals surface area (Å²) in [5.41, 5.74) is 5.94. The van der Waals surface area contributed by atoms with E-state index in [1.807, 2.05) is 26.8 Å². The second kappa shape index (κ2) is 5.27. The first-order valence-corrected chi connectivity index (χ1v) is 5.05. The smallest absolute Gasteiger partial charge is 0.316 e. The van der Waals surface area contributed by atoms with Crippen molar-refractivity contribution >= 4 is 12.4 Å². The van der Waals surface area contributed by atoms with Crippen LogP contribution in [0.4, 0.5) is 13.2 Å². The summed E-state index contributed by atoms with van der Waals surface area (Å²) in [7, 11) is 0. The second-order valence-electron chi connectivity index (χ2n) is 4.89. The minimum Gasteiger partial charge on any atom is -0.316 e. The summed E-state index contributed by atoms with van der Waals surface area (Å²) in [6.07, 6.45) is -4.39. The zero-order valence-electron chi connectivity index (χ0n) is 10.0. The van der Waals surface area contributed by atoms with E-state index in [-0.39, 0.29) is 23.4 Å². The molecule has 98 valence electrons. The van der Waals surface area contributed by atoms with Crippen LogP contribution in [0.15, 0.2) is 24.3 Å². The van der Waals surface area contributed by atoms with Gasteiger partial charge in [-0.1, -0.05) is 45.0 Å². The molecular formula is C12H17ClF3N. The lowest BCUT2D eigenvalue weighted by Gasteiger charge is -2.22. The van der Waals surface area contributed by atoms with Crippen molar-refractivity contribution in [3.8, 4) is 0 Å². The van der Waals surface area contributed by atoms with E-state index < -0.39 is 12.2 Å². The third-order valence-electron chi connectivity index (χ3n) is 2.46. The van der Waals surface area contributed by atoms with Gasteiger partial charge in [0, 0.05) is 0 Å². The zero-order chi connectivity index (χ0) is 12.6. The molecule has 0 aliphatic heterocycles. The number of hydrogen-bond donors (Lipinski definition) is 1. The van der Waals surface area contributed by atoms with Crippen LogP contribution in [-0.2, 0) is 5.41 Å². The molecule has 1 nitrogen and oxygen atoms in total. The minimum absolute atomic E-state index is 0. The van der Waals surface area contributed by atoms with Gasteiger partial charge in [-0.15, -0.1) is 12.4 Å². The second-order valence-corrected chi connectivity index (χ2v) is 4.89. The van der Waals surface area contributed by atoms with Gasteiger partial charge in [0.15, 0.2) is 0 Å². The van der Waals surface area contributed by atoms with Crippen LogP contribution in [0.1, 0.15) is 37.9 Å². The van der Waals surface area contributed by atoms with Crippen LogP contribution in [0.25, 0.3) is 0 Å². The number of rotatable bonds is 1. The molecular weight excluding hydrogens is 251 g/mol. The molecule has 0 amide bonds. The predicted molar refractivity (Wildman–Crippen MR) is 65.4 cm³/mol. The Balaban J connectivity index is 0.00000256. The van der Waals surface area contributed by atoms with E-state index in [1.54, 1.807) is 6.07 Å². The summed E-state index contributed by atoms with van der Waals surface area (Å²) < 4.78 is 37.3. The van der Waals surface area contributed by atoms with Crippen molar-refractivity contribution < 1.29 is 13.2 Å². The van der Waals surface area contributed by atoms with Gasteiger partial charge in [-0.2, -0.15) is 13.2 Å². The highest BCUT2D eigenvalue weighted by Crippen LogP contribution is 2.32. The van der Waals surface area contributed by atoms with Crippen molar-refractivity contribution in [2.24, 2.45) is 5.73 Å². The molecule has 0 unspecified atom stereocenters. The van der Waals surface area contributed by atoms with Gasteiger partial charge in [0.25, 0.3) is 0 Å². The Hall–Kier alpha value is -0.740. The number of hydrogen-bond acceptors (Lipinski definition) is 1. The molecule has 1 aromatic carbocycles. The van der Waals surface area contributed by atoms with Gasteiger partial charge in [-0.3, -0.25) is 0 Å². The monoisotopic (exact) mass is 267 g/mol. The predicted octanol–water partition coefficient (Wildman–Crippen LogP) is 3.97. The van der Waals surface area contributed by atoms with E-state index in [0.717, 1.165) is 5.56 Å². The van der Waals surface area contributed by atoms with Crippen molar-refractivity contribution in [1.82, 2.24) is 0 Å². The Morgan fingerprint density at radius 3 is 2.06 bits per heavy atom. The number of benzene rings is 1. The molecule has 0 radical (unpaired) electrons. The van der Waals surface area contributed by atoms with Gasteiger partial charge in [0.1, 0.15) is 6.04 Å². The first-order valence-electron chi connectivity index (χ1n) is 5.05. The van der Waals surface area contributed by atoms with Gasteiger partial charge < -0.3 is 5.73 Å². The third kappa shape index (κ3) is 4.21. The molecule has 0 heterocycles. The quantitative estimate of drug-likeness (QED) is 0.819. The average Bonchev–Trinajstić information content (AvgIpc) is 2.14. The largest absolute Gasteiger partial charge is 0.407 e. The summed E-state index contributed by atoms with van der Waals surface area (Å²) >= 11 is 0. The van der Waals surface area contributed by atoms with Crippen LogP contribution < -0.4 is 5.73 Å². The Labute approximate surface area is 106 Å². The fraction of sp³-hybridized carbons (Fsp3) is 0.500. The van der Waals surface area contributed by atoms with E-state index in [1.165, 1.54) is 12.1 Å². The highest BCUT2D eigenvalue weighted by atomic mass is 35.5. The van der Waals surface area contributed by atoms with Crippen molar-refractivity contribution in [2.45, 2.75) is 38.4 Å². The molecule has 2 N–H and O–H groups in total. The molecule has 0 aliphatic carbocycles. The lowest BCUT2D eigenvalue weighted by atomic mass is 9.85. The number of alkyl halides is 3. The molecule has 17 heavy (non-hydrogen) atoms. The molecule has 0 fully saturated rings. The maximum absolute atomic E-state index is 12.4. The van der Waals surface area contributed by atoms with Crippen LogP contribution in [0.5, 0.6) is 0 Å². The molecule has 1 atom stereocenters. The van der Waals surface area contributed by atoms with Gasteiger partial charge in [0.05, 0.1) is 0 Å². The Kier molecular flexibility index (Phi) is 5.04. The van der Waals surface area contributed by atoms with E-state index >= 15 is 0 Å². The van der Waals surface area contributed by atoms with Crippen molar-refractivity contribution in [2.75, 3.05) is 0 Å². The summed E-state index contributed by atoms with van der Waals surface area (Å²) in [5.74, 6) is 0. The van der Waals surface area contributed by atoms with Crippen LogP contribution in [0.3, 0.4) is 0 Å². The van der Waals surface area contributed by atoms with Crippen molar-refractivity contribution in [3.05, 3.63) is 35.4 Å². The molecule has 0 bridgehead atoms. The maximum Gasteiger partial charge on any atom is 0.407 e. The SMILES string of the molecule is CC(C)(C)c1cccc([C@@H](N)C(F)(F)F)c1.Cl. The Morgan fingerprint density at radius 1 is 1.12 bits per heavy atom. The van der Waals surface area contributed by atoms with Crippen molar-refractivity contribution in [1.29, 1.82) is 0 Å². The fourth-order valence-corrected chi connectivity index (χ4v) is 1.39. The first-order chi connectivity index (χ1) is 7.12. The zero-order valence-corrected chi connectivity index (χ0v) is 10.8. The maximum atomic E-state index is 12.4. The first kappa shape index (κ1) is 16.3. The summed E-state index contributed by atoms with van der Waals surface area (Å²) in [6, 6.07) is 4.45. The van der Waals surface area contributed by atoms with Crippen LogP contribution >= 0.6 is 12.4 Å². The number of nitrogens with two attached hydrogens (primary N) is 1. The molecule has 1 aromatic rings. The van der Waals surface area contributed by atoms with Crippen LogP contribution in [-0.4, -0.2) is 6.18 Å². The fourth-order valence-electron chi connectivity index (χ4n) is 1.39. The van der Waals surface area contributed by atoms with E-state index in [2.05, 4.69) is 0 Å². The summed E-state index contributed by atoms with van der Waals surface area (Å²) in [4.78, 5) is 0. The van der Waals surface area contributed by atoms with Gasteiger partial charge in [0.2, 0.25) is 0 Å². The normalized spacial score (nSPS) is 14.1. The van der Waals surface area contributed by atoms with Crippen LogP contribution in [0.2, 0.25) is 0 Å². The van der Waals surface area contributed by atoms with E-state index in [4.69, 9.17) is 5.73 Å². The Morgan fingerprint density at radius 2 is 1.65 bits per heavy atom. The molecule has 0 aliphatic rings. The standard InChI is InChI=1S/C12H16F3N.ClH/c1-11(2,3)9-6-4-5-8(7-9)10(16)12(13,14)15;/h4-7,10H,16H2,1-3H3;1H/t10-;/m1./s1. The summed E-state index contributed by atoms with van der Waals surface area (Å²) in [5, 5.41) is 0. The highest BCUT2D eigenvalue weighted by molar-refractivity contribution is 5.85. The molecule has 1 rings (SSSR count).